The maximum absolute atomic E-state index is 13.9. The van der Waals surface area contributed by atoms with Gasteiger partial charge in [0.1, 0.15) is 5.82 Å². The Morgan fingerprint density at radius 2 is 2.33 bits per heavy atom. The molecule has 2 atom stereocenters. The molecule has 0 aromatic heterocycles. The zero-order valence-electron chi connectivity index (χ0n) is 11.0. The summed E-state index contributed by atoms with van der Waals surface area (Å²) in [5, 5.41) is 0. The van der Waals surface area contributed by atoms with Crippen molar-refractivity contribution in [3.8, 4) is 0 Å². The normalized spacial score (nSPS) is 22.0. The molecule has 0 bridgehead atoms. The Kier molecular flexibility index (Phi) is 4.19. The molecular weight excluding hydrogens is 231 g/mol. The molecule has 100 valence electrons. The van der Waals surface area contributed by atoms with E-state index in [9.17, 15) is 4.39 Å². The molecule has 2 rings (SSSR count). The topological polar surface area (TPSA) is 38.5 Å². The molecule has 0 amide bonds. The molecule has 0 saturated carbocycles. The number of anilines is 1. The van der Waals surface area contributed by atoms with Crippen molar-refractivity contribution in [3.63, 3.8) is 0 Å². The van der Waals surface area contributed by atoms with Crippen LogP contribution in [0.1, 0.15) is 31.9 Å². The van der Waals surface area contributed by atoms with Gasteiger partial charge >= 0.3 is 0 Å². The van der Waals surface area contributed by atoms with Crippen LogP contribution in [-0.4, -0.2) is 25.8 Å². The van der Waals surface area contributed by atoms with Crippen LogP contribution < -0.4 is 10.6 Å². The van der Waals surface area contributed by atoms with Gasteiger partial charge in [-0.1, -0.05) is 13.0 Å². The van der Waals surface area contributed by atoms with Gasteiger partial charge in [0.25, 0.3) is 0 Å². The Morgan fingerprint density at radius 1 is 1.56 bits per heavy atom. The maximum Gasteiger partial charge on any atom is 0.130 e. The predicted octanol–water partition coefficient (Wildman–Crippen LogP) is 2.46. The first-order valence-corrected chi connectivity index (χ1v) is 6.54. The van der Waals surface area contributed by atoms with Crippen LogP contribution in [0.25, 0.3) is 0 Å². The van der Waals surface area contributed by atoms with E-state index in [0.29, 0.717) is 12.2 Å². The highest BCUT2D eigenvalue weighted by Crippen LogP contribution is 2.29. The predicted molar refractivity (Wildman–Crippen MR) is 71.2 cm³/mol. The molecule has 4 heteroatoms. The summed E-state index contributed by atoms with van der Waals surface area (Å²) in [4.78, 5) is 2.18. The SMILES string of the molecule is CCC1CN(c2cccc(F)c2[C@H](C)N)CCO1. The number of morpholine rings is 1. The monoisotopic (exact) mass is 252 g/mol. The van der Waals surface area contributed by atoms with Crippen molar-refractivity contribution in [3.05, 3.63) is 29.6 Å². The van der Waals surface area contributed by atoms with E-state index in [1.54, 1.807) is 6.07 Å². The third-order valence-electron chi connectivity index (χ3n) is 3.42. The molecule has 1 unspecified atom stereocenters. The molecule has 1 saturated heterocycles. The fourth-order valence-electron chi connectivity index (χ4n) is 2.44. The molecule has 1 aliphatic rings. The van der Waals surface area contributed by atoms with Gasteiger partial charge in [-0.25, -0.2) is 4.39 Å². The molecule has 1 heterocycles. The van der Waals surface area contributed by atoms with Crippen molar-refractivity contribution in [2.24, 2.45) is 5.73 Å². The molecule has 1 fully saturated rings. The molecular formula is C14H21FN2O. The van der Waals surface area contributed by atoms with Crippen molar-refractivity contribution >= 4 is 5.69 Å². The van der Waals surface area contributed by atoms with Gasteiger partial charge in [0.15, 0.2) is 0 Å². The van der Waals surface area contributed by atoms with Crippen molar-refractivity contribution < 1.29 is 9.13 Å². The van der Waals surface area contributed by atoms with E-state index < -0.39 is 0 Å². The van der Waals surface area contributed by atoms with Crippen LogP contribution in [0.2, 0.25) is 0 Å². The molecule has 0 radical (unpaired) electrons. The quantitative estimate of drug-likeness (QED) is 0.898. The van der Waals surface area contributed by atoms with Crippen molar-refractivity contribution in [1.29, 1.82) is 0 Å². The van der Waals surface area contributed by atoms with Crippen LogP contribution in [0, 0.1) is 5.82 Å². The van der Waals surface area contributed by atoms with E-state index in [1.165, 1.54) is 6.07 Å². The Bertz CT molecular complexity index is 409. The fourth-order valence-corrected chi connectivity index (χ4v) is 2.44. The first kappa shape index (κ1) is 13.3. The minimum absolute atomic E-state index is 0.220. The first-order chi connectivity index (χ1) is 8.63. The zero-order chi connectivity index (χ0) is 13.1. The van der Waals surface area contributed by atoms with Gasteiger partial charge in [-0.3, -0.25) is 0 Å². The smallest absolute Gasteiger partial charge is 0.130 e. The van der Waals surface area contributed by atoms with Gasteiger partial charge in [0, 0.05) is 30.4 Å². The largest absolute Gasteiger partial charge is 0.375 e. The van der Waals surface area contributed by atoms with Gasteiger partial charge in [-0.2, -0.15) is 0 Å². The Hall–Kier alpha value is -1.13. The number of nitrogens with zero attached hydrogens (tertiary/aromatic N) is 1. The van der Waals surface area contributed by atoms with Crippen LogP contribution in [0.5, 0.6) is 0 Å². The zero-order valence-corrected chi connectivity index (χ0v) is 11.0. The summed E-state index contributed by atoms with van der Waals surface area (Å²) in [5.74, 6) is -0.220. The maximum atomic E-state index is 13.9. The lowest BCUT2D eigenvalue weighted by Gasteiger charge is -2.35. The summed E-state index contributed by atoms with van der Waals surface area (Å²) in [6.07, 6.45) is 1.20. The second-order valence-corrected chi connectivity index (χ2v) is 4.81. The summed E-state index contributed by atoms with van der Waals surface area (Å²) < 4.78 is 19.5. The van der Waals surface area contributed by atoms with Crippen molar-refractivity contribution in [2.75, 3.05) is 24.6 Å². The summed E-state index contributed by atoms with van der Waals surface area (Å²) >= 11 is 0. The number of rotatable bonds is 3. The average molecular weight is 252 g/mol. The Balaban J connectivity index is 2.29. The number of halogens is 1. The van der Waals surface area contributed by atoms with E-state index >= 15 is 0 Å². The van der Waals surface area contributed by atoms with E-state index in [2.05, 4.69) is 11.8 Å². The summed E-state index contributed by atoms with van der Waals surface area (Å²) in [5.41, 5.74) is 7.41. The minimum atomic E-state index is -0.302. The Labute approximate surface area is 108 Å². The molecule has 3 nitrogen and oxygen atoms in total. The van der Waals surface area contributed by atoms with E-state index in [0.717, 1.165) is 25.2 Å². The highest BCUT2D eigenvalue weighted by atomic mass is 19.1. The first-order valence-electron chi connectivity index (χ1n) is 6.54. The number of nitrogens with two attached hydrogens (primary N) is 1. The molecule has 0 spiro atoms. The molecule has 1 aliphatic heterocycles. The van der Waals surface area contributed by atoms with Crippen LogP contribution in [0.4, 0.5) is 10.1 Å². The van der Waals surface area contributed by atoms with E-state index in [4.69, 9.17) is 10.5 Å². The number of hydrogen-bond acceptors (Lipinski definition) is 3. The lowest BCUT2D eigenvalue weighted by atomic mass is 10.0. The Morgan fingerprint density at radius 3 is 3.00 bits per heavy atom. The second kappa shape index (κ2) is 5.67. The molecule has 2 N–H and O–H groups in total. The minimum Gasteiger partial charge on any atom is -0.375 e. The van der Waals surface area contributed by atoms with E-state index in [1.807, 2.05) is 13.0 Å². The molecule has 0 aliphatic carbocycles. The van der Waals surface area contributed by atoms with Gasteiger partial charge in [0.05, 0.1) is 12.7 Å². The standard InChI is InChI=1S/C14H21FN2O/c1-3-11-9-17(7-8-18-11)13-6-4-5-12(15)14(13)10(2)16/h4-6,10-11H,3,7-9,16H2,1-2H3/t10-,11?/m0/s1. The fraction of sp³-hybridized carbons (Fsp3) is 0.571. The van der Waals surface area contributed by atoms with Gasteiger partial charge in [-0.15, -0.1) is 0 Å². The van der Waals surface area contributed by atoms with Gasteiger partial charge in [0.2, 0.25) is 0 Å². The summed E-state index contributed by atoms with van der Waals surface area (Å²) in [7, 11) is 0. The molecule has 1 aromatic carbocycles. The van der Waals surface area contributed by atoms with Gasteiger partial charge in [-0.05, 0) is 25.5 Å². The highest BCUT2D eigenvalue weighted by Gasteiger charge is 2.23. The summed E-state index contributed by atoms with van der Waals surface area (Å²) in [6.45, 7) is 6.21. The van der Waals surface area contributed by atoms with Crippen LogP contribution >= 0.6 is 0 Å². The third-order valence-corrected chi connectivity index (χ3v) is 3.42. The third kappa shape index (κ3) is 2.65. The second-order valence-electron chi connectivity index (χ2n) is 4.81. The average Bonchev–Trinajstić information content (AvgIpc) is 2.38. The van der Waals surface area contributed by atoms with Crippen molar-refractivity contribution in [2.45, 2.75) is 32.4 Å². The van der Waals surface area contributed by atoms with Crippen LogP contribution in [0.15, 0.2) is 18.2 Å². The van der Waals surface area contributed by atoms with Crippen molar-refractivity contribution in [1.82, 2.24) is 0 Å². The lowest BCUT2D eigenvalue weighted by molar-refractivity contribution is 0.0383. The number of hydrogen-bond donors (Lipinski definition) is 1. The van der Waals surface area contributed by atoms with Crippen LogP contribution in [-0.2, 0) is 4.74 Å². The van der Waals surface area contributed by atoms with Gasteiger partial charge < -0.3 is 15.4 Å². The molecule has 1 aromatic rings. The highest BCUT2D eigenvalue weighted by molar-refractivity contribution is 5.55. The lowest BCUT2D eigenvalue weighted by Crippen LogP contribution is -2.43. The molecule has 18 heavy (non-hydrogen) atoms. The number of benzene rings is 1. The summed E-state index contributed by atoms with van der Waals surface area (Å²) in [6, 6.07) is 4.86. The van der Waals surface area contributed by atoms with E-state index in [-0.39, 0.29) is 18.0 Å². The van der Waals surface area contributed by atoms with Crippen LogP contribution in [0.3, 0.4) is 0 Å². The number of ether oxygens (including phenoxy) is 1.